The van der Waals surface area contributed by atoms with Gasteiger partial charge >= 0.3 is 5.97 Å². The molecule has 0 radical (unpaired) electrons. The Balaban J connectivity index is 3.30. The maximum absolute atomic E-state index is 13.0. The molecule has 0 aliphatic heterocycles. The SMILES string of the molecule is COc1cc(C(=O)O)cc(Cl)c1F. The Hall–Kier alpha value is -1.29. The molecule has 0 bridgehead atoms. The average Bonchev–Trinajstić information content (AvgIpc) is 2.09. The van der Waals surface area contributed by atoms with Crippen LogP contribution >= 0.6 is 11.6 Å². The van der Waals surface area contributed by atoms with Crippen molar-refractivity contribution in [2.45, 2.75) is 0 Å². The third-order valence-corrected chi connectivity index (χ3v) is 1.74. The van der Waals surface area contributed by atoms with E-state index in [1.165, 1.54) is 7.11 Å². The third kappa shape index (κ3) is 1.89. The Morgan fingerprint density at radius 3 is 2.69 bits per heavy atom. The summed E-state index contributed by atoms with van der Waals surface area (Å²) in [7, 11) is 1.24. The van der Waals surface area contributed by atoms with Crippen LogP contribution in [-0.2, 0) is 0 Å². The smallest absolute Gasteiger partial charge is 0.335 e. The van der Waals surface area contributed by atoms with E-state index in [-0.39, 0.29) is 16.3 Å². The molecule has 70 valence electrons. The van der Waals surface area contributed by atoms with E-state index < -0.39 is 11.8 Å². The summed E-state index contributed by atoms with van der Waals surface area (Å²) in [5.74, 6) is -2.11. The number of ether oxygens (including phenoxy) is 1. The molecule has 0 aliphatic carbocycles. The molecule has 0 amide bonds. The van der Waals surface area contributed by atoms with E-state index in [1.807, 2.05) is 0 Å². The lowest BCUT2D eigenvalue weighted by atomic mass is 10.2. The lowest BCUT2D eigenvalue weighted by molar-refractivity contribution is 0.0696. The van der Waals surface area contributed by atoms with Crippen molar-refractivity contribution in [1.29, 1.82) is 0 Å². The number of aromatic carboxylic acids is 1. The first-order valence-corrected chi connectivity index (χ1v) is 3.70. The summed E-state index contributed by atoms with van der Waals surface area (Å²) in [4.78, 5) is 10.5. The Morgan fingerprint density at radius 2 is 2.23 bits per heavy atom. The minimum absolute atomic E-state index is 0.108. The quantitative estimate of drug-likeness (QED) is 0.803. The van der Waals surface area contributed by atoms with E-state index in [0.29, 0.717) is 0 Å². The summed E-state index contributed by atoms with van der Waals surface area (Å²) >= 11 is 5.42. The summed E-state index contributed by atoms with van der Waals surface area (Å²) in [5.41, 5.74) is -0.108. The molecule has 3 nitrogen and oxygen atoms in total. The molecular weight excluding hydrogens is 199 g/mol. The van der Waals surface area contributed by atoms with Crippen LogP contribution in [0.1, 0.15) is 10.4 Å². The predicted octanol–water partition coefficient (Wildman–Crippen LogP) is 2.19. The fourth-order valence-electron chi connectivity index (χ4n) is 0.836. The Labute approximate surface area is 78.7 Å². The first-order chi connectivity index (χ1) is 6.06. The van der Waals surface area contributed by atoms with Gasteiger partial charge in [0.1, 0.15) is 0 Å². The zero-order chi connectivity index (χ0) is 10.0. The zero-order valence-electron chi connectivity index (χ0n) is 6.67. The largest absolute Gasteiger partial charge is 0.494 e. The van der Waals surface area contributed by atoms with Crippen LogP contribution in [0.15, 0.2) is 12.1 Å². The highest BCUT2D eigenvalue weighted by atomic mass is 35.5. The molecule has 0 aromatic heterocycles. The van der Waals surface area contributed by atoms with E-state index in [1.54, 1.807) is 0 Å². The highest BCUT2D eigenvalue weighted by molar-refractivity contribution is 6.31. The number of carboxylic acid groups (broad SMARTS) is 1. The molecule has 0 fully saturated rings. The number of rotatable bonds is 2. The van der Waals surface area contributed by atoms with Gasteiger partial charge in [-0.15, -0.1) is 0 Å². The highest BCUT2D eigenvalue weighted by Crippen LogP contribution is 2.26. The molecule has 0 saturated heterocycles. The topological polar surface area (TPSA) is 46.5 Å². The molecular formula is C8H6ClFO3. The fraction of sp³-hybridized carbons (Fsp3) is 0.125. The second-order valence-electron chi connectivity index (χ2n) is 2.28. The number of methoxy groups -OCH3 is 1. The van der Waals surface area contributed by atoms with Gasteiger partial charge in [-0.1, -0.05) is 11.6 Å². The van der Waals surface area contributed by atoms with E-state index >= 15 is 0 Å². The molecule has 0 heterocycles. The summed E-state index contributed by atoms with van der Waals surface area (Å²) in [6.45, 7) is 0. The molecule has 0 unspecified atom stereocenters. The van der Waals surface area contributed by atoms with Crippen molar-refractivity contribution >= 4 is 17.6 Å². The van der Waals surface area contributed by atoms with Crippen molar-refractivity contribution in [3.8, 4) is 5.75 Å². The number of carboxylic acids is 1. The van der Waals surface area contributed by atoms with Crippen molar-refractivity contribution in [1.82, 2.24) is 0 Å². The number of benzene rings is 1. The normalized spacial score (nSPS) is 9.77. The van der Waals surface area contributed by atoms with Gasteiger partial charge < -0.3 is 9.84 Å². The first-order valence-electron chi connectivity index (χ1n) is 3.32. The Morgan fingerprint density at radius 1 is 1.62 bits per heavy atom. The number of hydrogen-bond donors (Lipinski definition) is 1. The first kappa shape index (κ1) is 9.80. The van der Waals surface area contributed by atoms with Gasteiger partial charge in [-0.3, -0.25) is 0 Å². The van der Waals surface area contributed by atoms with Gasteiger partial charge in [0, 0.05) is 0 Å². The lowest BCUT2D eigenvalue weighted by Gasteiger charge is -2.04. The minimum Gasteiger partial charge on any atom is -0.494 e. The fourth-order valence-corrected chi connectivity index (χ4v) is 1.05. The highest BCUT2D eigenvalue weighted by Gasteiger charge is 2.13. The maximum atomic E-state index is 13.0. The Kier molecular flexibility index (Phi) is 2.72. The standard InChI is InChI=1S/C8H6ClFO3/c1-13-6-3-4(8(11)12)2-5(9)7(6)10/h2-3H,1H3,(H,11,12). The van der Waals surface area contributed by atoms with Gasteiger partial charge in [-0.2, -0.15) is 0 Å². The summed E-state index contributed by atoms with van der Waals surface area (Å²) in [6, 6.07) is 2.10. The van der Waals surface area contributed by atoms with Gasteiger partial charge in [-0.05, 0) is 12.1 Å². The van der Waals surface area contributed by atoms with Crippen LogP contribution < -0.4 is 4.74 Å². The van der Waals surface area contributed by atoms with Crippen molar-refractivity contribution < 1.29 is 19.0 Å². The second-order valence-corrected chi connectivity index (χ2v) is 2.69. The zero-order valence-corrected chi connectivity index (χ0v) is 7.43. The number of carbonyl (C=O) groups is 1. The van der Waals surface area contributed by atoms with Gasteiger partial charge in [0.15, 0.2) is 11.6 Å². The molecule has 0 atom stereocenters. The summed E-state index contributed by atoms with van der Waals surface area (Å²) in [5, 5.41) is 8.32. The predicted molar refractivity (Wildman–Crippen MR) is 44.9 cm³/mol. The van der Waals surface area contributed by atoms with Crippen molar-refractivity contribution in [2.75, 3.05) is 7.11 Å². The molecule has 0 saturated carbocycles. The minimum atomic E-state index is -1.18. The molecule has 0 spiro atoms. The van der Waals surface area contributed by atoms with Gasteiger partial charge in [-0.25, -0.2) is 9.18 Å². The van der Waals surface area contributed by atoms with Crippen LogP contribution in [-0.4, -0.2) is 18.2 Å². The monoisotopic (exact) mass is 204 g/mol. The van der Waals surface area contributed by atoms with Crippen LogP contribution in [0.25, 0.3) is 0 Å². The van der Waals surface area contributed by atoms with Crippen molar-refractivity contribution in [3.05, 3.63) is 28.5 Å². The molecule has 1 aromatic rings. The maximum Gasteiger partial charge on any atom is 0.335 e. The van der Waals surface area contributed by atoms with Gasteiger partial charge in [0.25, 0.3) is 0 Å². The van der Waals surface area contributed by atoms with Gasteiger partial charge in [0.05, 0.1) is 17.7 Å². The van der Waals surface area contributed by atoms with Crippen molar-refractivity contribution in [3.63, 3.8) is 0 Å². The van der Waals surface area contributed by atoms with E-state index in [4.69, 9.17) is 16.7 Å². The average molecular weight is 205 g/mol. The lowest BCUT2D eigenvalue weighted by Crippen LogP contribution is -1.99. The van der Waals surface area contributed by atoms with E-state index in [2.05, 4.69) is 4.74 Å². The summed E-state index contributed by atoms with van der Waals surface area (Å²) < 4.78 is 17.6. The van der Waals surface area contributed by atoms with E-state index in [9.17, 15) is 9.18 Å². The van der Waals surface area contributed by atoms with Crippen LogP contribution in [0.4, 0.5) is 4.39 Å². The van der Waals surface area contributed by atoms with E-state index in [0.717, 1.165) is 12.1 Å². The number of halogens is 2. The third-order valence-electron chi connectivity index (χ3n) is 1.46. The van der Waals surface area contributed by atoms with Crippen LogP contribution in [0.2, 0.25) is 5.02 Å². The molecule has 1 rings (SSSR count). The second kappa shape index (κ2) is 3.62. The Bertz CT molecular complexity index is 351. The molecule has 0 aliphatic rings. The van der Waals surface area contributed by atoms with Gasteiger partial charge in [0.2, 0.25) is 0 Å². The van der Waals surface area contributed by atoms with Crippen LogP contribution in [0, 0.1) is 5.82 Å². The van der Waals surface area contributed by atoms with Crippen LogP contribution in [0.3, 0.4) is 0 Å². The summed E-state index contributed by atoms with van der Waals surface area (Å²) in [6.07, 6.45) is 0. The molecule has 13 heavy (non-hydrogen) atoms. The van der Waals surface area contributed by atoms with Crippen molar-refractivity contribution in [2.24, 2.45) is 0 Å². The molecule has 1 aromatic carbocycles. The van der Waals surface area contributed by atoms with Crippen LogP contribution in [0.5, 0.6) is 5.75 Å². The molecule has 1 N–H and O–H groups in total. The molecule has 5 heteroatoms. The number of hydrogen-bond acceptors (Lipinski definition) is 2.